The first-order valence-electron chi connectivity index (χ1n) is 11.6. The van der Waals surface area contributed by atoms with Gasteiger partial charge in [0.1, 0.15) is 16.9 Å². The lowest BCUT2D eigenvalue weighted by Crippen LogP contribution is -2.09. The van der Waals surface area contributed by atoms with E-state index in [1.807, 2.05) is 12.1 Å². The Balaban J connectivity index is 1.51. The number of hydrogen-bond donors (Lipinski definition) is 4. The predicted octanol–water partition coefficient (Wildman–Crippen LogP) is 4.43. The monoisotopic (exact) mass is 523 g/mol. The fraction of sp³-hybridized carbons (Fsp3) is 0.0357. The van der Waals surface area contributed by atoms with Gasteiger partial charge in [0, 0.05) is 40.5 Å². The van der Waals surface area contributed by atoms with Crippen molar-refractivity contribution in [3.63, 3.8) is 0 Å². The highest BCUT2D eigenvalue weighted by Gasteiger charge is 2.22. The third-order valence-electron chi connectivity index (χ3n) is 6.55. The van der Waals surface area contributed by atoms with Gasteiger partial charge in [-0.05, 0) is 47.5 Å². The Hall–Kier alpha value is -5.71. The number of aromatic amines is 1. The minimum absolute atomic E-state index is 0.0465. The summed E-state index contributed by atoms with van der Waals surface area (Å²) in [7, 11) is 0. The molecule has 0 spiro atoms. The van der Waals surface area contributed by atoms with E-state index in [-0.39, 0.29) is 45.7 Å². The first-order chi connectivity index (χ1) is 18.7. The molecule has 0 aliphatic heterocycles. The van der Waals surface area contributed by atoms with Crippen LogP contribution in [0.15, 0.2) is 76.1 Å². The zero-order chi connectivity index (χ0) is 27.4. The number of aromatic carboxylic acids is 3. The van der Waals surface area contributed by atoms with Gasteiger partial charge in [0.05, 0.1) is 16.8 Å². The molecule has 0 aliphatic rings. The summed E-state index contributed by atoms with van der Waals surface area (Å²) in [5.74, 6) is -3.67. The standard InChI is InChI=1S/C28H17N3O8/c32-22-10-17(26(33)34)16-8-15(5-6-21(16)39-22)24-23(28(37)38)18-7-13(11-29-25(18)30-24)12-31-19-4-2-1-3-14(19)9-20(31)27(35)36/h1-11H,12H2,(H,29,30)(H,33,34)(H,35,36)(H,37,38). The molecule has 0 radical (unpaired) electrons. The fourth-order valence-electron chi connectivity index (χ4n) is 4.87. The van der Waals surface area contributed by atoms with Crippen molar-refractivity contribution in [2.75, 3.05) is 0 Å². The quantitative estimate of drug-likeness (QED) is 0.230. The number of rotatable bonds is 6. The highest BCUT2D eigenvalue weighted by atomic mass is 16.4. The summed E-state index contributed by atoms with van der Waals surface area (Å²) in [5.41, 5.74) is 1.04. The zero-order valence-electron chi connectivity index (χ0n) is 19.8. The maximum atomic E-state index is 12.4. The average Bonchev–Trinajstić information content (AvgIpc) is 3.47. The molecule has 192 valence electrons. The molecule has 4 N–H and O–H groups in total. The van der Waals surface area contributed by atoms with Crippen LogP contribution in [-0.4, -0.2) is 47.8 Å². The van der Waals surface area contributed by atoms with Crippen LogP contribution in [0.25, 0.3) is 44.2 Å². The van der Waals surface area contributed by atoms with Gasteiger partial charge < -0.3 is 29.3 Å². The van der Waals surface area contributed by atoms with Gasteiger partial charge in [0.25, 0.3) is 0 Å². The molecule has 0 fully saturated rings. The minimum atomic E-state index is -1.33. The molecule has 0 bridgehead atoms. The molecule has 0 saturated carbocycles. The van der Waals surface area contributed by atoms with Gasteiger partial charge in [-0.25, -0.2) is 24.2 Å². The van der Waals surface area contributed by atoms with Crippen LogP contribution in [0.3, 0.4) is 0 Å². The van der Waals surface area contributed by atoms with Crippen LogP contribution in [-0.2, 0) is 6.54 Å². The summed E-state index contributed by atoms with van der Waals surface area (Å²) in [5, 5.41) is 30.6. The van der Waals surface area contributed by atoms with Crippen LogP contribution in [0.4, 0.5) is 0 Å². The number of hydrogen-bond acceptors (Lipinski definition) is 6. The van der Waals surface area contributed by atoms with E-state index in [1.54, 1.807) is 28.8 Å². The number of carboxylic acids is 3. The average molecular weight is 523 g/mol. The Morgan fingerprint density at radius 2 is 1.69 bits per heavy atom. The molecular weight excluding hydrogens is 506 g/mol. The van der Waals surface area contributed by atoms with E-state index in [1.165, 1.54) is 24.4 Å². The van der Waals surface area contributed by atoms with Crippen molar-refractivity contribution in [2.45, 2.75) is 6.54 Å². The third-order valence-corrected chi connectivity index (χ3v) is 6.55. The lowest BCUT2D eigenvalue weighted by Gasteiger charge is -2.09. The van der Waals surface area contributed by atoms with E-state index < -0.39 is 23.5 Å². The van der Waals surface area contributed by atoms with Crippen molar-refractivity contribution in [3.8, 4) is 11.3 Å². The van der Waals surface area contributed by atoms with E-state index >= 15 is 0 Å². The van der Waals surface area contributed by atoms with Crippen LogP contribution in [0.1, 0.15) is 36.8 Å². The predicted molar refractivity (Wildman–Crippen MR) is 139 cm³/mol. The second-order valence-electron chi connectivity index (χ2n) is 8.89. The number of aromatic nitrogens is 3. The summed E-state index contributed by atoms with van der Waals surface area (Å²) in [6.45, 7) is 0.134. The van der Waals surface area contributed by atoms with Crippen LogP contribution >= 0.6 is 0 Å². The Bertz CT molecular complexity index is 2060. The summed E-state index contributed by atoms with van der Waals surface area (Å²) in [6, 6.07) is 15.7. The zero-order valence-corrected chi connectivity index (χ0v) is 19.8. The number of carboxylic acid groups (broad SMARTS) is 3. The molecule has 39 heavy (non-hydrogen) atoms. The number of pyridine rings is 1. The van der Waals surface area contributed by atoms with Gasteiger partial charge in [-0.3, -0.25) is 0 Å². The van der Waals surface area contributed by atoms with Crippen molar-refractivity contribution in [3.05, 3.63) is 99.7 Å². The highest BCUT2D eigenvalue weighted by Crippen LogP contribution is 2.33. The molecule has 0 amide bonds. The Morgan fingerprint density at radius 1 is 0.897 bits per heavy atom. The molecule has 0 atom stereocenters. The maximum Gasteiger partial charge on any atom is 0.352 e. The van der Waals surface area contributed by atoms with E-state index in [0.29, 0.717) is 22.0 Å². The molecule has 0 aliphatic carbocycles. The first-order valence-corrected chi connectivity index (χ1v) is 11.6. The van der Waals surface area contributed by atoms with Crippen molar-refractivity contribution >= 4 is 50.8 Å². The molecule has 11 nitrogen and oxygen atoms in total. The molecule has 2 aromatic carbocycles. The van der Waals surface area contributed by atoms with Crippen molar-refractivity contribution in [2.24, 2.45) is 0 Å². The van der Waals surface area contributed by atoms with Crippen molar-refractivity contribution < 1.29 is 34.1 Å². The van der Waals surface area contributed by atoms with E-state index in [0.717, 1.165) is 11.5 Å². The molecule has 6 rings (SSSR count). The van der Waals surface area contributed by atoms with Crippen LogP contribution in [0, 0.1) is 0 Å². The van der Waals surface area contributed by atoms with Gasteiger partial charge in [0.15, 0.2) is 0 Å². The topological polar surface area (TPSA) is 176 Å². The molecule has 4 aromatic heterocycles. The number of H-pyrrole nitrogens is 1. The van der Waals surface area contributed by atoms with Gasteiger partial charge in [-0.15, -0.1) is 0 Å². The largest absolute Gasteiger partial charge is 0.478 e. The Morgan fingerprint density at radius 3 is 2.44 bits per heavy atom. The lowest BCUT2D eigenvalue weighted by molar-refractivity contribution is 0.0679. The van der Waals surface area contributed by atoms with Crippen molar-refractivity contribution in [1.82, 2.24) is 14.5 Å². The van der Waals surface area contributed by atoms with Crippen LogP contribution in [0.2, 0.25) is 0 Å². The molecule has 0 saturated heterocycles. The Labute approximate surface area is 217 Å². The molecular formula is C28H17N3O8. The summed E-state index contributed by atoms with van der Waals surface area (Å²) in [4.78, 5) is 55.2. The number of fused-ring (bicyclic) bond motifs is 3. The van der Waals surface area contributed by atoms with Crippen LogP contribution < -0.4 is 5.63 Å². The maximum absolute atomic E-state index is 12.4. The molecule has 4 heterocycles. The number of nitrogens with one attached hydrogen (secondary N) is 1. The lowest BCUT2D eigenvalue weighted by atomic mass is 10.0. The summed E-state index contributed by atoms with van der Waals surface area (Å²) < 4.78 is 6.72. The number of carbonyl (C=O) groups is 3. The summed E-state index contributed by atoms with van der Waals surface area (Å²) >= 11 is 0. The second-order valence-corrected chi connectivity index (χ2v) is 8.89. The van der Waals surface area contributed by atoms with E-state index in [2.05, 4.69) is 9.97 Å². The third kappa shape index (κ3) is 3.89. The smallest absolute Gasteiger partial charge is 0.352 e. The Kier molecular flexibility index (Phi) is 5.28. The summed E-state index contributed by atoms with van der Waals surface area (Å²) in [6.07, 6.45) is 1.53. The number of nitrogens with zero attached hydrogens (tertiary/aromatic N) is 2. The number of benzene rings is 2. The van der Waals surface area contributed by atoms with E-state index in [9.17, 15) is 34.5 Å². The fourth-order valence-corrected chi connectivity index (χ4v) is 4.87. The van der Waals surface area contributed by atoms with Gasteiger partial charge in [-0.2, -0.15) is 0 Å². The molecule has 6 aromatic rings. The SMILES string of the molecule is O=C(O)c1c(-c2ccc3oc(=O)cc(C(=O)O)c3c2)[nH]c2ncc(Cn3c(C(=O)O)cc4ccccc43)cc12. The first kappa shape index (κ1) is 23.7. The van der Waals surface area contributed by atoms with Crippen molar-refractivity contribution in [1.29, 1.82) is 0 Å². The molecule has 11 heteroatoms. The van der Waals surface area contributed by atoms with Gasteiger partial charge in [0.2, 0.25) is 0 Å². The second kappa shape index (κ2) is 8.70. The number of para-hydroxylation sites is 1. The minimum Gasteiger partial charge on any atom is -0.478 e. The van der Waals surface area contributed by atoms with Gasteiger partial charge >= 0.3 is 23.5 Å². The van der Waals surface area contributed by atoms with Crippen LogP contribution in [0.5, 0.6) is 0 Å². The van der Waals surface area contributed by atoms with E-state index in [4.69, 9.17) is 4.42 Å². The highest BCUT2D eigenvalue weighted by molar-refractivity contribution is 6.10. The normalized spacial score (nSPS) is 11.4. The molecule has 0 unspecified atom stereocenters. The van der Waals surface area contributed by atoms with Gasteiger partial charge in [-0.1, -0.05) is 18.2 Å².